The van der Waals surface area contributed by atoms with Crippen LogP contribution in [0.15, 0.2) is 10.9 Å². The Balaban J connectivity index is 1.59. The lowest BCUT2D eigenvalue weighted by Crippen LogP contribution is -2.24. The van der Waals surface area contributed by atoms with Gasteiger partial charge in [-0.3, -0.25) is 0 Å². The molecule has 3 aromatic heterocycles. The zero-order valence-corrected chi connectivity index (χ0v) is 15.3. The van der Waals surface area contributed by atoms with E-state index >= 15 is 0 Å². The van der Waals surface area contributed by atoms with Crippen molar-refractivity contribution in [3.05, 3.63) is 28.5 Å². The van der Waals surface area contributed by atoms with Gasteiger partial charge in [-0.25, -0.2) is 9.97 Å². The highest BCUT2D eigenvalue weighted by Gasteiger charge is 2.34. The van der Waals surface area contributed by atoms with Crippen LogP contribution in [0.2, 0.25) is 0 Å². The first-order valence-electron chi connectivity index (χ1n) is 9.07. The highest BCUT2D eigenvalue weighted by Crippen LogP contribution is 2.43. The minimum absolute atomic E-state index is 0.145. The molecule has 1 saturated heterocycles. The summed E-state index contributed by atoms with van der Waals surface area (Å²) >= 11 is 1.84. The van der Waals surface area contributed by atoms with E-state index in [1.54, 1.807) is 6.33 Å². The Morgan fingerprint density at radius 2 is 2.16 bits per heavy atom. The molecular weight excluding hydrogens is 334 g/mol. The van der Waals surface area contributed by atoms with Crippen molar-refractivity contribution in [1.29, 1.82) is 0 Å². The van der Waals surface area contributed by atoms with Gasteiger partial charge in [-0.2, -0.15) is 4.98 Å². The van der Waals surface area contributed by atoms with Crippen molar-refractivity contribution in [2.24, 2.45) is 0 Å². The molecule has 0 amide bonds. The van der Waals surface area contributed by atoms with E-state index in [1.807, 2.05) is 11.3 Å². The van der Waals surface area contributed by atoms with E-state index < -0.39 is 0 Å². The largest absolute Gasteiger partial charge is 0.346 e. The first-order chi connectivity index (χ1) is 12.2. The highest BCUT2D eigenvalue weighted by molar-refractivity contribution is 7.19. The summed E-state index contributed by atoms with van der Waals surface area (Å²) in [6.07, 6.45) is 7.44. The van der Waals surface area contributed by atoms with Crippen LogP contribution >= 0.6 is 11.3 Å². The molecule has 3 aromatic rings. The maximum absolute atomic E-state index is 5.45. The fourth-order valence-electron chi connectivity index (χ4n) is 4.04. The molecule has 6 nitrogen and oxygen atoms in total. The molecular formula is C18H21N5OS. The number of nitrogens with zero attached hydrogens (tertiary/aromatic N) is 5. The fourth-order valence-corrected chi connectivity index (χ4v) is 5.26. The van der Waals surface area contributed by atoms with Crippen LogP contribution in [-0.4, -0.2) is 26.7 Å². The quantitative estimate of drug-likeness (QED) is 0.707. The molecule has 25 heavy (non-hydrogen) atoms. The van der Waals surface area contributed by atoms with Gasteiger partial charge in [0.25, 0.3) is 0 Å². The summed E-state index contributed by atoms with van der Waals surface area (Å²) in [5.41, 5.74) is 1.47. The van der Waals surface area contributed by atoms with Gasteiger partial charge in [-0.05, 0) is 37.7 Å². The molecule has 7 heteroatoms. The topological polar surface area (TPSA) is 67.9 Å². The second-order valence-corrected chi connectivity index (χ2v) is 8.32. The van der Waals surface area contributed by atoms with Gasteiger partial charge in [0.15, 0.2) is 5.82 Å². The molecule has 0 spiro atoms. The molecule has 4 heterocycles. The predicted octanol–water partition coefficient (Wildman–Crippen LogP) is 4.03. The second kappa shape index (κ2) is 5.76. The van der Waals surface area contributed by atoms with E-state index in [0.717, 1.165) is 42.3 Å². The van der Waals surface area contributed by atoms with Crippen LogP contribution in [-0.2, 0) is 12.8 Å². The van der Waals surface area contributed by atoms with E-state index in [0.29, 0.717) is 5.89 Å². The molecule has 1 aliphatic carbocycles. The standard InChI is InChI=1S/C18H21N5OS/c1-10(2)17-21-15(22-24-17)12-6-4-8-23(12)16-14-11-5-3-7-13(11)25-18(14)20-9-19-16/h9-10,12H,3-8H2,1-2H3. The minimum Gasteiger partial charge on any atom is -0.346 e. The van der Waals surface area contributed by atoms with Gasteiger partial charge in [-0.1, -0.05) is 19.0 Å². The second-order valence-electron chi connectivity index (χ2n) is 7.23. The molecule has 2 aliphatic rings. The Labute approximate surface area is 150 Å². The Kier molecular flexibility index (Phi) is 3.51. The number of rotatable bonds is 3. The average molecular weight is 355 g/mol. The first-order valence-corrected chi connectivity index (χ1v) is 9.89. The van der Waals surface area contributed by atoms with Gasteiger partial charge in [-0.15, -0.1) is 11.3 Å². The van der Waals surface area contributed by atoms with E-state index in [4.69, 9.17) is 9.51 Å². The van der Waals surface area contributed by atoms with E-state index in [2.05, 4.69) is 33.9 Å². The van der Waals surface area contributed by atoms with Crippen molar-refractivity contribution in [3.8, 4) is 0 Å². The van der Waals surface area contributed by atoms with Crippen molar-refractivity contribution in [1.82, 2.24) is 20.1 Å². The minimum atomic E-state index is 0.145. The monoisotopic (exact) mass is 355 g/mol. The van der Waals surface area contributed by atoms with Crippen LogP contribution in [0.1, 0.15) is 67.2 Å². The van der Waals surface area contributed by atoms with Crippen molar-refractivity contribution >= 4 is 27.4 Å². The third kappa shape index (κ3) is 2.36. The van der Waals surface area contributed by atoms with E-state index in [1.165, 1.54) is 28.7 Å². The third-order valence-electron chi connectivity index (χ3n) is 5.26. The van der Waals surface area contributed by atoms with E-state index in [9.17, 15) is 0 Å². The van der Waals surface area contributed by atoms with Crippen molar-refractivity contribution in [2.45, 2.75) is 57.9 Å². The van der Waals surface area contributed by atoms with Crippen molar-refractivity contribution < 1.29 is 4.52 Å². The van der Waals surface area contributed by atoms with Crippen LogP contribution in [0.3, 0.4) is 0 Å². The van der Waals surface area contributed by atoms with Crippen LogP contribution in [0, 0.1) is 0 Å². The zero-order valence-electron chi connectivity index (χ0n) is 14.5. The van der Waals surface area contributed by atoms with Crippen LogP contribution in [0.4, 0.5) is 5.82 Å². The lowest BCUT2D eigenvalue weighted by molar-refractivity contribution is 0.358. The van der Waals surface area contributed by atoms with Gasteiger partial charge >= 0.3 is 0 Å². The zero-order chi connectivity index (χ0) is 17.0. The Morgan fingerprint density at radius 3 is 3.00 bits per heavy atom. The smallest absolute Gasteiger partial charge is 0.229 e. The summed E-state index contributed by atoms with van der Waals surface area (Å²) in [6, 6.07) is 0.145. The Bertz CT molecular complexity index is 931. The number of anilines is 1. The molecule has 1 atom stereocenters. The van der Waals surface area contributed by atoms with Crippen LogP contribution < -0.4 is 4.90 Å². The molecule has 130 valence electrons. The molecule has 1 unspecified atom stereocenters. The third-order valence-corrected chi connectivity index (χ3v) is 6.46. The Hall–Kier alpha value is -2.02. The lowest BCUT2D eigenvalue weighted by Gasteiger charge is -2.24. The lowest BCUT2D eigenvalue weighted by atomic mass is 10.1. The maximum atomic E-state index is 5.45. The van der Waals surface area contributed by atoms with Gasteiger partial charge in [0.1, 0.15) is 17.0 Å². The SMILES string of the molecule is CC(C)c1nc(C2CCCN2c2ncnc3sc4c(c23)CCC4)no1. The highest BCUT2D eigenvalue weighted by atomic mass is 32.1. The summed E-state index contributed by atoms with van der Waals surface area (Å²) in [6.45, 7) is 5.13. The number of aromatic nitrogens is 4. The number of thiophene rings is 1. The summed E-state index contributed by atoms with van der Waals surface area (Å²) in [5.74, 6) is 2.82. The molecule has 0 aromatic carbocycles. The van der Waals surface area contributed by atoms with Crippen molar-refractivity contribution in [3.63, 3.8) is 0 Å². The molecule has 0 saturated carbocycles. The molecule has 0 bridgehead atoms. The number of fused-ring (bicyclic) bond motifs is 3. The molecule has 1 fully saturated rings. The van der Waals surface area contributed by atoms with Gasteiger partial charge in [0.05, 0.1) is 11.4 Å². The summed E-state index contributed by atoms with van der Waals surface area (Å²) < 4.78 is 5.45. The summed E-state index contributed by atoms with van der Waals surface area (Å²) in [4.78, 5) is 18.9. The van der Waals surface area contributed by atoms with Gasteiger partial charge in [0, 0.05) is 17.3 Å². The van der Waals surface area contributed by atoms with Crippen LogP contribution in [0.25, 0.3) is 10.2 Å². The average Bonchev–Trinajstić information content (AvgIpc) is 3.35. The summed E-state index contributed by atoms with van der Waals surface area (Å²) in [5, 5.41) is 5.53. The normalized spacial score (nSPS) is 20.1. The van der Waals surface area contributed by atoms with E-state index in [-0.39, 0.29) is 12.0 Å². The first kappa shape index (κ1) is 15.3. The van der Waals surface area contributed by atoms with Crippen LogP contribution in [0.5, 0.6) is 0 Å². The predicted molar refractivity (Wildman–Crippen MR) is 97.1 cm³/mol. The van der Waals surface area contributed by atoms with Gasteiger partial charge in [0.2, 0.25) is 5.89 Å². The Morgan fingerprint density at radius 1 is 1.24 bits per heavy atom. The number of hydrogen-bond donors (Lipinski definition) is 0. The molecule has 5 rings (SSSR count). The number of aryl methyl sites for hydroxylation is 2. The fraction of sp³-hybridized carbons (Fsp3) is 0.556. The number of hydrogen-bond acceptors (Lipinski definition) is 7. The summed E-state index contributed by atoms with van der Waals surface area (Å²) in [7, 11) is 0. The molecule has 0 radical (unpaired) electrons. The van der Waals surface area contributed by atoms with Gasteiger partial charge < -0.3 is 9.42 Å². The maximum Gasteiger partial charge on any atom is 0.229 e. The molecule has 1 aliphatic heterocycles. The molecule has 0 N–H and O–H groups in total. The van der Waals surface area contributed by atoms with Crippen molar-refractivity contribution in [2.75, 3.05) is 11.4 Å².